The molecule has 1 fully saturated rings. The third kappa shape index (κ3) is 2.91. The maximum Gasteiger partial charge on any atom is 0.123 e. The number of rotatable bonds is 4. The van der Waals surface area contributed by atoms with Crippen molar-refractivity contribution in [1.29, 1.82) is 0 Å². The van der Waals surface area contributed by atoms with Gasteiger partial charge in [-0.3, -0.25) is 4.90 Å². The molecule has 3 rings (SSSR count). The summed E-state index contributed by atoms with van der Waals surface area (Å²) >= 11 is 0. The highest BCUT2D eigenvalue weighted by molar-refractivity contribution is 5.10. The Balaban J connectivity index is 1.74. The number of piperidine rings is 1. The van der Waals surface area contributed by atoms with E-state index in [1.165, 1.54) is 0 Å². The fourth-order valence-electron chi connectivity index (χ4n) is 2.98. The van der Waals surface area contributed by atoms with Gasteiger partial charge in [-0.1, -0.05) is 5.21 Å². The molecule has 2 aromatic heterocycles. The van der Waals surface area contributed by atoms with Crippen LogP contribution in [0.3, 0.4) is 0 Å². The van der Waals surface area contributed by atoms with Crippen LogP contribution in [0.1, 0.15) is 44.1 Å². The van der Waals surface area contributed by atoms with Crippen molar-refractivity contribution in [1.82, 2.24) is 29.4 Å². The molecular weight excluding hydrogens is 280 g/mol. The maximum absolute atomic E-state index is 11.0. The first-order valence-corrected chi connectivity index (χ1v) is 7.80. The molecule has 7 nitrogen and oxygen atoms in total. The highest BCUT2D eigenvalue weighted by Crippen LogP contribution is 2.31. The fourth-order valence-corrected chi connectivity index (χ4v) is 2.98. The summed E-state index contributed by atoms with van der Waals surface area (Å²) in [6, 6.07) is 0.249. The SMILES string of the molecule is CC(C)n1cc([C@@]2(O)CCCN(Cc3cncn3C)C2)nn1. The highest BCUT2D eigenvalue weighted by Gasteiger charge is 2.37. The zero-order valence-corrected chi connectivity index (χ0v) is 13.5. The van der Waals surface area contributed by atoms with Crippen LogP contribution in [0.4, 0.5) is 0 Å². The van der Waals surface area contributed by atoms with E-state index in [1.807, 2.05) is 24.0 Å². The smallest absolute Gasteiger partial charge is 0.123 e. The van der Waals surface area contributed by atoms with Gasteiger partial charge in [0.25, 0.3) is 0 Å². The molecule has 0 saturated carbocycles. The first kappa shape index (κ1) is 15.2. The summed E-state index contributed by atoms with van der Waals surface area (Å²) in [4.78, 5) is 6.41. The molecule has 7 heteroatoms. The average Bonchev–Trinajstić information content (AvgIpc) is 3.09. The molecule has 0 aliphatic carbocycles. The van der Waals surface area contributed by atoms with Crippen molar-refractivity contribution in [3.8, 4) is 0 Å². The van der Waals surface area contributed by atoms with Gasteiger partial charge in [0, 0.05) is 32.4 Å². The molecule has 0 radical (unpaired) electrons. The molecular formula is C15H24N6O. The Morgan fingerprint density at radius 3 is 2.86 bits per heavy atom. The summed E-state index contributed by atoms with van der Waals surface area (Å²) in [6.07, 6.45) is 7.23. The number of hydrogen-bond acceptors (Lipinski definition) is 5. The number of aliphatic hydroxyl groups is 1. The molecule has 1 aliphatic rings. The second kappa shape index (κ2) is 5.81. The molecule has 0 spiro atoms. The van der Waals surface area contributed by atoms with Crippen LogP contribution in [-0.4, -0.2) is 47.6 Å². The van der Waals surface area contributed by atoms with E-state index < -0.39 is 5.60 Å². The zero-order valence-electron chi connectivity index (χ0n) is 13.5. The summed E-state index contributed by atoms with van der Waals surface area (Å²) in [5, 5.41) is 19.4. The van der Waals surface area contributed by atoms with Gasteiger partial charge in [0.15, 0.2) is 0 Å². The lowest BCUT2D eigenvalue weighted by Gasteiger charge is -2.37. The Labute approximate surface area is 130 Å². The van der Waals surface area contributed by atoms with Crippen molar-refractivity contribution in [2.45, 2.75) is 44.9 Å². The van der Waals surface area contributed by atoms with E-state index in [-0.39, 0.29) is 6.04 Å². The topological polar surface area (TPSA) is 72.0 Å². The number of β-amino-alcohol motifs (C(OH)–C–C–N with tert-alkyl or cyclic N) is 1. The van der Waals surface area contributed by atoms with E-state index in [4.69, 9.17) is 0 Å². The number of hydrogen-bond donors (Lipinski definition) is 1. The van der Waals surface area contributed by atoms with Gasteiger partial charge in [0.1, 0.15) is 11.3 Å². The first-order valence-electron chi connectivity index (χ1n) is 7.80. The summed E-state index contributed by atoms with van der Waals surface area (Å²) in [6.45, 7) is 6.45. The minimum atomic E-state index is -0.913. The van der Waals surface area contributed by atoms with Crippen molar-refractivity contribution in [2.24, 2.45) is 7.05 Å². The first-order chi connectivity index (χ1) is 10.5. The minimum absolute atomic E-state index is 0.249. The number of aromatic nitrogens is 5. The van der Waals surface area contributed by atoms with Crippen LogP contribution >= 0.6 is 0 Å². The van der Waals surface area contributed by atoms with Crippen molar-refractivity contribution >= 4 is 0 Å². The van der Waals surface area contributed by atoms with Gasteiger partial charge in [0.05, 0.1) is 18.2 Å². The molecule has 0 aromatic carbocycles. The van der Waals surface area contributed by atoms with Gasteiger partial charge in [-0.25, -0.2) is 9.67 Å². The van der Waals surface area contributed by atoms with Crippen molar-refractivity contribution < 1.29 is 5.11 Å². The predicted molar refractivity (Wildman–Crippen MR) is 82.0 cm³/mol. The second-order valence-corrected chi connectivity index (χ2v) is 6.52. The van der Waals surface area contributed by atoms with Gasteiger partial charge >= 0.3 is 0 Å². The van der Waals surface area contributed by atoms with E-state index in [0.717, 1.165) is 31.6 Å². The third-order valence-corrected chi connectivity index (χ3v) is 4.37. The molecule has 0 bridgehead atoms. The second-order valence-electron chi connectivity index (χ2n) is 6.52. The number of likely N-dealkylation sites (tertiary alicyclic amines) is 1. The van der Waals surface area contributed by atoms with Crippen molar-refractivity contribution in [3.05, 3.63) is 30.1 Å². The normalized spacial score (nSPS) is 23.3. The largest absolute Gasteiger partial charge is 0.382 e. The van der Waals surface area contributed by atoms with Crippen LogP contribution in [-0.2, 0) is 19.2 Å². The molecule has 0 unspecified atom stereocenters. The molecule has 3 heterocycles. The number of aryl methyl sites for hydroxylation is 1. The lowest BCUT2D eigenvalue weighted by atomic mass is 9.90. The Kier molecular flexibility index (Phi) is 4.01. The summed E-state index contributed by atoms with van der Waals surface area (Å²) in [5.74, 6) is 0. The summed E-state index contributed by atoms with van der Waals surface area (Å²) < 4.78 is 3.82. The van der Waals surface area contributed by atoms with Crippen molar-refractivity contribution in [2.75, 3.05) is 13.1 Å². The van der Waals surface area contributed by atoms with Crippen LogP contribution < -0.4 is 0 Å². The molecule has 1 saturated heterocycles. The van der Waals surface area contributed by atoms with E-state index >= 15 is 0 Å². The van der Waals surface area contributed by atoms with Crippen LogP contribution in [0.25, 0.3) is 0 Å². The lowest BCUT2D eigenvalue weighted by Crippen LogP contribution is -2.46. The molecule has 2 aromatic rings. The zero-order chi connectivity index (χ0) is 15.7. The lowest BCUT2D eigenvalue weighted by molar-refractivity contribution is -0.0419. The van der Waals surface area contributed by atoms with Crippen LogP contribution in [0, 0.1) is 0 Å². The fraction of sp³-hybridized carbons (Fsp3) is 0.667. The maximum atomic E-state index is 11.0. The van der Waals surface area contributed by atoms with E-state index in [2.05, 4.69) is 34.0 Å². The average molecular weight is 304 g/mol. The van der Waals surface area contributed by atoms with Gasteiger partial charge in [0.2, 0.25) is 0 Å². The van der Waals surface area contributed by atoms with Crippen LogP contribution in [0.15, 0.2) is 18.7 Å². The van der Waals surface area contributed by atoms with Gasteiger partial charge in [-0.2, -0.15) is 0 Å². The Bertz CT molecular complexity index is 634. The number of imidazole rings is 1. The minimum Gasteiger partial charge on any atom is -0.382 e. The number of nitrogens with zero attached hydrogens (tertiary/aromatic N) is 6. The predicted octanol–water partition coefficient (Wildman–Crippen LogP) is 1.08. The van der Waals surface area contributed by atoms with Crippen LogP contribution in [0.5, 0.6) is 0 Å². The summed E-state index contributed by atoms with van der Waals surface area (Å²) in [5.41, 5.74) is 0.912. The quantitative estimate of drug-likeness (QED) is 0.915. The van der Waals surface area contributed by atoms with E-state index in [0.29, 0.717) is 12.2 Å². The molecule has 1 atom stereocenters. The van der Waals surface area contributed by atoms with Crippen LogP contribution in [0.2, 0.25) is 0 Å². The molecule has 22 heavy (non-hydrogen) atoms. The molecule has 120 valence electrons. The van der Waals surface area contributed by atoms with Gasteiger partial charge < -0.3 is 9.67 Å². The molecule has 1 N–H and O–H groups in total. The summed E-state index contributed by atoms with van der Waals surface area (Å²) in [7, 11) is 1.99. The van der Waals surface area contributed by atoms with E-state index in [9.17, 15) is 5.11 Å². The third-order valence-electron chi connectivity index (χ3n) is 4.37. The highest BCUT2D eigenvalue weighted by atomic mass is 16.3. The van der Waals surface area contributed by atoms with Gasteiger partial charge in [-0.15, -0.1) is 5.10 Å². The monoisotopic (exact) mass is 304 g/mol. The Morgan fingerprint density at radius 2 is 2.23 bits per heavy atom. The van der Waals surface area contributed by atoms with Gasteiger partial charge in [-0.05, 0) is 33.2 Å². The Hall–Kier alpha value is -1.73. The molecule has 0 amide bonds. The molecule has 1 aliphatic heterocycles. The Morgan fingerprint density at radius 1 is 1.41 bits per heavy atom. The van der Waals surface area contributed by atoms with Crippen molar-refractivity contribution in [3.63, 3.8) is 0 Å². The standard InChI is InChI=1S/C15H24N6O/c1-12(2)21-9-14(17-18-21)15(22)5-4-6-20(10-15)8-13-7-16-11-19(13)3/h7,9,11-12,22H,4-6,8,10H2,1-3H3/t15-/m1/s1. The van der Waals surface area contributed by atoms with E-state index in [1.54, 1.807) is 11.0 Å².